The van der Waals surface area contributed by atoms with Crippen molar-refractivity contribution >= 4 is 76.7 Å². The number of anilines is 1. The van der Waals surface area contributed by atoms with Crippen molar-refractivity contribution in [3.63, 3.8) is 0 Å². The molecule has 51 heavy (non-hydrogen) atoms. The zero-order chi connectivity index (χ0) is 35.5. The summed E-state index contributed by atoms with van der Waals surface area (Å²) in [4.78, 5) is 41.9. The van der Waals surface area contributed by atoms with Gasteiger partial charge in [0.2, 0.25) is 0 Å². The van der Waals surface area contributed by atoms with Crippen molar-refractivity contribution in [3.8, 4) is 22.5 Å². The number of carbonyl (C=O) groups excluding carboxylic acids is 2. The molecule has 8 rings (SSSR count). The summed E-state index contributed by atoms with van der Waals surface area (Å²) in [6.45, 7) is 0.901. The van der Waals surface area contributed by atoms with Gasteiger partial charge in [-0.3, -0.25) is 18.4 Å². The molecule has 2 aliphatic carbocycles. The van der Waals surface area contributed by atoms with E-state index in [0.717, 1.165) is 76.9 Å². The van der Waals surface area contributed by atoms with Gasteiger partial charge < -0.3 is 21.1 Å². The van der Waals surface area contributed by atoms with Crippen molar-refractivity contribution in [2.75, 3.05) is 18.5 Å². The molecule has 0 atom stereocenters. The number of benzene rings is 2. The molecule has 0 aliphatic heterocycles. The molecule has 4 aromatic heterocycles. The van der Waals surface area contributed by atoms with E-state index in [9.17, 15) is 9.59 Å². The van der Waals surface area contributed by atoms with Crippen LogP contribution < -0.4 is 16.0 Å². The quantitative estimate of drug-likeness (QED) is 0.101. The molecule has 4 N–H and O–H groups in total. The standard InChI is InChI=1S/C20H22BrN5O2.C16H12Br2N4O/c21-17-12-26-16(11-23-19(26)18(25-17)22-9-1-2-10-27)13-3-5-14(6-4-13)20(28)24-15-7-8-15;17-13-8-22-12(7-19-15(22)14(18)21-13)9-1-3-10(4-2-9)16(23)20-11-5-6-11/h3-6,11-12,15,27H,1-2,7-10H2,(H,22,25)(H,24,28);1-4,7-8,11H,5-6H2,(H,20,23). The van der Waals surface area contributed by atoms with Crippen LogP contribution in [0.1, 0.15) is 59.2 Å². The first-order valence-corrected chi connectivity index (χ1v) is 19.1. The van der Waals surface area contributed by atoms with Crippen LogP contribution in [-0.4, -0.2) is 70.9 Å². The minimum atomic E-state index is -0.0199. The van der Waals surface area contributed by atoms with Crippen LogP contribution >= 0.6 is 47.8 Å². The van der Waals surface area contributed by atoms with E-state index in [4.69, 9.17) is 5.11 Å². The van der Waals surface area contributed by atoms with E-state index in [0.29, 0.717) is 44.8 Å². The van der Waals surface area contributed by atoms with Gasteiger partial charge in [0.25, 0.3) is 11.8 Å². The first-order valence-electron chi connectivity index (χ1n) is 16.7. The van der Waals surface area contributed by atoms with Crippen LogP contribution in [0.5, 0.6) is 0 Å². The Labute approximate surface area is 318 Å². The van der Waals surface area contributed by atoms with E-state index in [1.54, 1.807) is 6.20 Å². The zero-order valence-electron chi connectivity index (χ0n) is 27.3. The average Bonchev–Trinajstić information content (AvgIpc) is 4.04. The lowest BCUT2D eigenvalue weighted by atomic mass is 10.1. The van der Waals surface area contributed by atoms with E-state index < -0.39 is 0 Å². The van der Waals surface area contributed by atoms with Crippen LogP contribution in [0.3, 0.4) is 0 Å². The summed E-state index contributed by atoms with van der Waals surface area (Å²) in [6.07, 6.45) is 13.3. The molecular weight excluding hydrogens is 846 g/mol. The van der Waals surface area contributed by atoms with Gasteiger partial charge in [-0.05, 0) is 111 Å². The van der Waals surface area contributed by atoms with Crippen LogP contribution in [-0.2, 0) is 0 Å². The smallest absolute Gasteiger partial charge is 0.251 e. The third-order valence-electron chi connectivity index (χ3n) is 8.47. The molecule has 15 heteroatoms. The number of aliphatic hydroxyl groups excluding tert-OH is 1. The Morgan fingerprint density at radius 3 is 1.71 bits per heavy atom. The van der Waals surface area contributed by atoms with Crippen molar-refractivity contribution in [2.24, 2.45) is 0 Å². The SMILES string of the molecule is O=C(NC1CC1)c1ccc(-c2cnc3c(Br)nc(Br)cn23)cc1.O=C(NC1CC1)c1ccc(-c2cnc3c(NCCCCO)nc(Br)cn23)cc1. The molecule has 12 nitrogen and oxygen atoms in total. The molecule has 2 aromatic carbocycles. The second-order valence-electron chi connectivity index (χ2n) is 12.4. The number of aromatic nitrogens is 6. The lowest BCUT2D eigenvalue weighted by molar-refractivity contribution is 0.0942. The third kappa shape index (κ3) is 8.49. The third-order valence-corrected chi connectivity index (χ3v) is 9.77. The number of imidazole rings is 2. The number of nitrogens with one attached hydrogen (secondary N) is 3. The Hall–Kier alpha value is -4.18. The second kappa shape index (κ2) is 15.6. The van der Waals surface area contributed by atoms with Gasteiger partial charge in [0.05, 0.1) is 23.8 Å². The Kier molecular flexibility index (Phi) is 10.8. The lowest BCUT2D eigenvalue weighted by Gasteiger charge is -2.09. The topological polar surface area (TPSA) is 151 Å². The maximum Gasteiger partial charge on any atom is 0.251 e. The molecule has 0 saturated heterocycles. The highest BCUT2D eigenvalue weighted by atomic mass is 79.9. The second-order valence-corrected chi connectivity index (χ2v) is 14.8. The minimum Gasteiger partial charge on any atom is -0.396 e. The Morgan fingerprint density at radius 1 is 0.706 bits per heavy atom. The van der Waals surface area contributed by atoms with Crippen molar-refractivity contribution in [2.45, 2.75) is 50.6 Å². The van der Waals surface area contributed by atoms with E-state index in [1.165, 1.54) is 0 Å². The van der Waals surface area contributed by atoms with Crippen molar-refractivity contribution in [3.05, 3.63) is 98.3 Å². The summed E-state index contributed by atoms with van der Waals surface area (Å²) >= 11 is 10.3. The molecule has 0 radical (unpaired) electrons. The molecule has 4 heterocycles. The molecule has 0 spiro atoms. The number of unbranched alkanes of at least 4 members (excludes halogenated alkanes) is 1. The summed E-state index contributed by atoms with van der Waals surface area (Å²) in [7, 11) is 0. The number of aliphatic hydroxyl groups is 1. The maximum atomic E-state index is 12.2. The Bertz CT molecular complexity index is 2200. The van der Waals surface area contributed by atoms with Crippen LogP contribution in [0.25, 0.3) is 33.8 Å². The average molecular weight is 880 g/mol. The van der Waals surface area contributed by atoms with Gasteiger partial charge in [-0.2, -0.15) is 0 Å². The maximum absolute atomic E-state index is 12.2. The Morgan fingerprint density at radius 2 is 1.20 bits per heavy atom. The lowest BCUT2D eigenvalue weighted by Crippen LogP contribution is -2.25. The highest BCUT2D eigenvalue weighted by molar-refractivity contribution is 9.11. The largest absolute Gasteiger partial charge is 0.396 e. The summed E-state index contributed by atoms with van der Waals surface area (Å²) < 4.78 is 6.03. The highest BCUT2D eigenvalue weighted by Gasteiger charge is 2.25. The summed E-state index contributed by atoms with van der Waals surface area (Å²) in [5, 5.41) is 18.2. The molecular formula is C36H34Br3N9O3. The first kappa shape index (κ1) is 35.2. The first-order chi connectivity index (χ1) is 24.8. The number of nitrogens with zero attached hydrogens (tertiary/aromatic N) is 6. The van der Waals surface area contributed by atoms with Crippen LogP contribution in [0.15, 0.2) is 87.1 Å². The van der Waals surface area contributed by atoms with Gasteiger partial charge in [-0.15, -0.1) is 0 Å². The fourth-order valence-corrected chi connectivity index (χ4v) is 6.94. The summed E-state index contributed by atoms with van der Waals surface area (Å²) in [6, 6.07) is 15.8. The van der Waals surface area contributed by atoms with Crippen LogP contribution in [0, 0.1) is 0 Å². The van der Waals surface area contributed by atoms with Gasteiger partial charge in [-0.1, -0.05) is 24.3 Å². The normalized spacial score (nSPS) is 13.9. The van der Waals surface area contributed by atoms with E-state index in [1.807, 2.05) is 75.9 Å². The van der Waals surface area contributed by atoms with Gasteiger partial charge in [-0.25, -0.2) is 19.9 Å². The summed E-state index contributed by atoms with van der Waals surface area (Å²) in [5.74, 6) is 0.666. The van der Waals surface area contributed by atoms with Crippen molar-refractivity contribution in [1.82, 2.24) is 39.4 Å². The van der Waals surface area contributed by atoms with E-state index >= 15 is 0 Å². The number of rotatable bonds is 11. The van der Waals surface area contributed by atoms with E-state index in [2.05, 4.69) is 83.7 Å². The molecule has 2 amide bonds. The highest BCUT2D eigenvalue weighted by Crippen LogP contribution is 2.28. The number of carbonyl (C=O) groups is 2. The molecule has 2 aliphatic rings. The fourth-order valence-electron chi connectivity index (χ4n) is 5.45. The van der Waals surface area contributed by atoms with Crippen molar-refractivity contribution < 1.29 is 14.7 Å². The van der Waals surface area contributed by atoms with E-state index in [-0.39, 0.29) is 18.4 Å². The van der Waals surface area contributed by atoms with Crippen LogP contribution in [0.2, 0.25) is 0 Å². The molecule has 0 unspecified atom stereocenters. The van der Waals surface area contributed by atoms with Crippen LogP contribution in [0.4, 0.5) is 5.82 Å². The molecule has 262 valence electrons. The van der Waals surface area contributed by atoms with Gasteiger partial charge in [0, 0.05) is 59.9 Å². The molecule has 6 aromatic rings. The number of amides is 2. The van der Waals surface area contributed by atoms with Gasteiger partial charge in [0.1, 0.15) is 9.21 Å². The summed E-state index contributed by atoms with van der Waals surface area (Å²) in [5.41, 5.74) is 6.66. The fraction of sp³-hybridized carbons (Fsp3) is 0.278. The molecule has 2 fully saturated rings. The number of fused-ring (bicyclic) bond motifs is 2. The zero-order valence-corrected chi connectivity index (χ0v) is 32.1. The van der Waals surface area contributed by atoms with Gasteiger partial charge >= 0.3 is 0 Å². The molecule has 2 saturated carbocycles. The number of hydrogen-bond donors (Lipinski definition) is 4. The minimum absolute atomic E-state index is 0.00752. The predicted octanol–water partition coefficient (Wildman–Crippen LogP) is 7.05. The Balaban J connectivity index is 0.000000162. The van der Waals surface area contributed by atoms with Crippen molar-refractivity contribution in [1.29, 1.82) is 0 Å². The van der Waals surface area contributed by atoms with Gasteiger partial charge in [0.15, 0.2) is 21.7 Å². The predicted molar refractivity (Wildman–Crippen MR) is 206 cm³/mol. The number of hydrogen-bond acceptors (Lipinski definition) is 8. The molecule has 0 bridgehead atoms. The monoisotopic (exact) mass is 877 g/mol. The number of halogens is 3.